The molecule has 0 atom stereocenters. The molecule has 0 saturated heterocycles. The molecule has 0 aliphatic heterocycles. The Labute approximate surface area is 129 Å². The molecule has 0 amide bonds. The highest BCUT2D eigenvalue weighted by atomic mass is 16.5. The second-order valence-electron chi connectivity index (χ2n) is 5.08. The first-order valence-electron chi connectivity index (χ1n) is 7.18. The minimum atomic E-state index is -0.926. The van der Waals surface area contributed by atoms with Gasteiger partial charge in [-0.05, 0) is 37.1 Å². The summed E-state index contributed by atoms with van der Waals surface area (Å²) in [7, 11) is 0. The highest BCUT2D eigenvalue weighted by molar-refractivity contribution is 5.89. The van der Waals surface area contributed by atoms with Crippen molar-refractivity contribution >= 4 is 11.9 Å². The molecule has 1 heterocycles. The van der Waals surface area contributed by atoms with Crippen LogP contribution in [-0.2, 0) is 11.3 Å². The van der Waals surface area contributed by atoms with Gasteiger partial charge in [-0.25, -0.2) is 9.59 Å². The highest BCUT2D eigenvalue weighted by Crippen LogP contribution is 2.14. The molecule has 0 aliphatic carbocycles. The first kappa shape index (κ1) is 15.8. The molecule has 5 heteroatoms. The van der Waals surface area contributed by atoms with Crippen LogP contribution in [-0.4, -0.2) is 28.2 Å². The number of hydrogen-bond donors (Lipinski definition) is 1. The van der Waals surface area contributed by atoms with Crippen LogP contribution in [0.4, 0.5) is 0 Å². The molecule has 1 aromatic carbocycles. The third kappa shape index (κ3) is 3.55. The molecule has 1 aromatic heterocycles. The van der Waals surface area contributed by atoms with Gasteiger partial charge in [0.1, 0.15) is 0 Å². The van der Waals surface area contributed by atoms with Gasteiger partial charge in [-0.1, -0.05) is 19.1 Å². The summed E-state index contributed by atoms with van der Waals surface area (Å²) in [6.45, 7) is 4.70. The number of carbonyl (C=O) groups is 2. The van der Waals surface area contributed by atoms with Crippen LogP contribution in [0.5, 0.6) is 0 Å². The Balaban J connectivity index is 2.08. The topological polar surface area (TPSA) is 68.5 Å². The van der Waals surface area contributed by atoms with Crippen molar-refractivity contribution in [2.45, 2.75) is 26.8 Å². The summed E-state index contributed by atoms with van der Waals surface area (Å²) >= 11 is 0. The van der Waals surface area contributed by atoms with Gasteiger partial charge in [0.2, 0.25) is 0 Å². The van der Waals surface area contributed by atoms with Crippen LogP contribution < -0.4 is 0 Å². The summed E-state index contributed by atoms with van der Waals surface area (Å²) in [5, 5.41) is 9.05. The molecule has 0 unspecified atom stereocenters. The van der Waals surface area contributed by atoms with Crippen LogP contribution in [0.1, 0.15) is 45.3 Å². The molecule has 2 rings (SSSR count). The summed E-state index contributed by atoms with van der Waals surface area (Å²) in [5.74, 6) is -1.25. The van der Waals surface area contributed by atoms with E-state index in [1.807, 2.05) is 23.6 Å². The van der Waals surface area contributed by atoms with Crippen molar-refractivity contribution in [1.82, 2.24) is 4.57 Å². The van der Waals surface area contributed by atoms with Gasteiger partial charge >= 0.3 is 11.9 Å². The van der Waals surface area contributed by atoms with E-state index in [1.165, 1.54) is 0 Å². The van der Waals surface area contributed by atoms with Gasteiger partial charge in [0.05, 0.1) is 17.7 Å². The molecule has 22 heavy (non-hydrogen) atoms. The summed E-state index contributed by atoms with van der Waals surface area (Å²) < 4.78 is 6.94. The zero-order chi connectivity index (χ0) is 16.1. The average Bonchev–Trinajstić information content (AvgIpc) is 2.87. The number of carboxylic acids is 1. The largest absolute Gasteiger partial charge is 0.478 e. The number of aromatic nitrogens is 1. The zero-order valence-corrected chi connectivity index (χ0v) is 12.7. The number of carbonyl (C=O) groups excluding carboxylic acids is 1. The van der Waals surface area contributed by atoms with Crippen LogP contribution in [0, 0.1) is 6.92 Å². The van der Waals surface area contributed by atoms with Crippen LogP contribution >= 0.6 is 0 Å². The Morgan fingerprint density at radius 3 is 2.41 bits per heavy atom. The first-order chi connectivity index (χ1) is 10.5. The quantitative estimate of drug-likeness (QED) is 0.832. The third-order valence-electron chi connectivity index (χ3n) is 3.45. The lowest BCUT2D eigenvalue weighted by atomic mass is 10.1. The minimum Gasteiger partial charge on any atom is -0.478 e. The first-order valence-corrected chi connectivity index (χ1v) is 7.18. The van der Waals surface area contributed by atoms with E-state index in [0.29, 0.717) is 30.0 Å². The number of rotatable bonds is 6. The summed E-state index contributed by atoms with van der Waals surface area (Å²) in [6, 6.07) is 8.74. The molecular weight excluding hydrogens is 282 g/mol. The van der Waals surface area contributed by atoms with Gasteiger partial charge < -0.3 is 14.4 Å². The molecule has 0 saturated carbocycles. The Kier molecular flexibility index (Phi) is 4.99. The van der Waals surface area contributed by atoms with Crippen molar-refractivity contribution in [2.24, 2.45) is 0 Å². The molecule has 0 spiro atoms. The van der Waals surface area contributed by atoms with E-state index in [9.17, 15) is 9.59 Å². The van der Waals surface area contributed by atoms with Crippen molar-refractivity contribution in [1.29, 1.82) is 0 Å². The molecule has 5 nitrogen and oxygen atoms in total. The van der Waals surface area contributed by atoms with Crippen LogP contribution in [0.3, 0.4) is 0 Å². The van der Waals surface area contributed by atoms with Gasteiger partial charge in [0.15, 0.2) is 0 Å². The lowest BCUT2D eigenvalue weighted by Gasteiger charge is -2.08. The summed E-state index contributed by atoms with van der Waals surface area (Å²) in [6.07, 6.45) is 2.55. The molecule has 0 radical (unpaired) electrons. The molecule has 2 aromatic rings. The number of nitrogens with zero attached hydrogens (tertiary/aromatic N) is 1. The summed E-state index contributed by atoms with van der Waals surface area (Å²) in [5.41, 5.74) is 2.52. The molecule has 0 fully saturated rings. The highest BCUT2D eigenvalue weighted by Gasteiger charge is 2.11. The van der Waals surface area contributed by atoms with E-state index in [2.05, 4.69) is 0 Å². The second kappa shape index (κ2) is 6.93. The van der Waals surface area contributed by atoms with Crippen LogP contribution in [0.2, 0.25) is 0 Å². The fourth-order valence-electron chi connectivity index (χ4n) is 2.17. The SMILES string of the molecule is CCCOC(=O)c1ccc(Cn2ccc(C(=O)O)c2C)cc1. The number of esters is 1. The molecular formula is C17H19NO4. The predicted molar refractivity (Wildman–Crippen MR) is 82.2 cm³/mol. The molecule has 116 valence electrons. The monoisotopic (exact) mass is 301 g/mol. The van der Waals surface area contributed by atoms with Gasteiger partial charge in [-0.15, -0.1) is 0 Å². The van der Waals surface area contributed by atoms with Crippen LogP contribution in [0.25, 0.3) is 0 Å². The van der Waals surface area contributed by atoms with Crippen molar-refractivity contribution < 1.29 is 19.4 Å². The van der Waals surface area contributed by atoms with E-state index in [0.717, 1.165) is 12.0 Å². The Bertz CT molecular complexity index is 670. The molecule has 0 aliphatic rings. The van der Waals surface area contributed by atoms with Gasteiger partial charge in [0.25, 0.3) is 0 Å². The fourth-order valence-corrected chi connectivity index (χ4v) is 2.17. The van der Waals surface area contributed by atoms with Crippen molar-refractivity contribution in [3.05, 3.63) is 58.9 Å². The van der Waals surface area contributed by atoms with Crippen molar-refractivity contribution in [3.63, 3.8) is 0 Å². The number of aromatic carboxylic acids is 1. The normalized spacial score (nSPS) is 10.5. The lowest BCUT2D eigenvalue weighted by molar-refractivity contribution is 0.0504. The maximum atomic E-state index is 11.7. The molecule has 1 N–H and O–H groups in total. The van der Waals surface area contributed by atoms with Crippen molar-refractivity contribution in [3.8, 4) is 0 Å². The van der Waals surface area contributed by atoms with Gasteiger partial charge in [0, 0.05) is 18.4 Å². The average molecular weight is 301 g/mol. The lowest BCUT2D eigenvalue weighted by Crippen LogP contribution is -2.07. The second-order valence-corrected chi connectivity index (χ2v) is 5.08. The predicted octanol–water partition coefficient (Wildman–Crippen LogP) is 3.11. The zero-order valence-electron chi connectivity index (χ0n) is 12.7. The standard InChI is InChI=1S/C17H19NO4/c1-3-10-22-17(21)14-6-4-13(5-7-14)11-18-9-8-15(12(18)2)16(19)20/h4-9H,3,10-11H2,1-2H3,(H,19,20). The Morgan fingerprint density at radius 1 is 1.18 bits per heavy atom. The number of ether oxygens (including phenoxy) is 1. The maximum Gasteiger partial charge on any atom is 0.338 e. The van der Waals surface area contributed by atoms with Crippen molar-refractivity contribution in [2.75, 3.05) is 6.61 Å². The Hall–Kier alpha value is -2.56. The number of hydrogen-bond acceptors (Lipinski definition) is 3. The van der Waals surface area contributed by atoms with E-state index < -0.39 is 5.97 Å². The summed E-state index contributed by atoms with van der Waals surface area (Å²) in [4.78, 5) is 22.7. The van der Waals surface area contributed by atoms with E-state index >= 15 is 0 Å². The Morgan fingerprint density at radius 2 is 1.86 bits per heavy atom. The van der Waals surface area contributed by atoms with E-state index in [4.69, 9.17) is 9.84 Å². The number of carboxylic acid groups (broad SMARTS) is 1. The minimum absolute atomic E-state index is 0.305. The number of benzene rings is 1. The molecule has 0 bridgehead atoms. The smallest absolute Gasteiger partial charge is 0.338 e. The third-order valence-corrected chi connectivity index (χ3v) is 3.45. The van der Waals surface area contributed by atoms with E-state index in [-0.39, 0.29) is 5.97 Å². The maximum absolute atomic E-state index is 11.7. The van der Waals surface area contributed by atoms with Gasteiger partial charge in [-0.3, -0.25) is 0 Å². The van der Waals surface area contributed by atoms with Gasteiger partial charge in [-0.2, -0.15) is 0 Å². The fraction of sp³-hybridized carbons (Fsp3) is 0.294. The van der Waals surface area contributed by atoms with E-state index in [1.54, 1.807) is 31.3 Å². The van der Waals surface area contributed by atoms with Crippen LogP contribution in [0.15, 0.2) is 36.5 Å².